The van der Waals surface area contributed by atoms with Gasteiger partial charge in [-0.15, -0.1) is 0 Å². The predicted molar refractivity (Wildman–Crippen MR) is 332 cm³/mol. The van der Waals surface area contributed by atoms with Gasteiger partial charge in [-0.25, -0.2) is 0 Å². The van der Waals surface area contributed by atoms with Crippen molar-refractivity contribution < 1.29 is 38.7 Å². The minimum absolute atomic E-state index is 0.0111. The molecule has 0 aliphatic rings. The number of hydrogen-bond donors (Lipinski definition) is 3. The molecule has 17 heteroatoms. The normalized spacial score (nSPS) is 11.7. The third-order valence-corrected chi connectivity index (χ3v) is 16.0. The van der Waals surface area contributed by atoms with Crippen molar-refractivity contribution in [2.24, 2.45) is 5.92 Å². The quantitative estimate of drug-likeness (QED) is 0.0412. The summed E-state index contributed by atoms with van der Waals surface area (Å²) in [7, 11) is 0. The van der Waals surface area contributed by atoms with Gasteiger partial charge in [0.1, 0.15) is 61.6 Å². The van der Waals surface area contributed by atoms with Crippen LogP contribution in [0.3, 0.4) is 0 Å². The molecule has 8 rings (SSSR count). The molecule has 0 aliphatic carbocycles. The van der Waals surface area contributed by atoms with E-state index >= 15 is 0 Å². The van der Waals surface area contributed by atoms with E-state index in [1.807, 2.05) is 78.9 Å². The molecular formula is C65H57Cl2I2N5O8. The van der Waals surface area contributed by atoms with Crippen LogP contribution in [0.25, 0.3) is 11.1 Å². The molecule has 8 aromatic rings. The monoisotopic (exact) mass is 1360 g/mol. The van der Waals surface area contributed by atoms with Crippen LogP contribution in [0.15, 0.2) is 146 Å². The number of pyridine rings is 2. The molecule has 0 radical (unpaired) electrons. The fourth-order valence-corrected chi connectivity index (χ4v) is 10.8. The van der Waals surface area contributed by atoms with Gasteiger partial charge in [-0.05, 0) is 189 Å². The van der Waals surface area contributed by atoms with Crippen LogP contribution in [0.4, 0.5) is 0 Å². The van der Waals surface area contributed by atoms with Crippen LogP contribution in [-0.4, -0.2) is 38.2 Å². The summed E-state index contributed by atoms with van der Waals surface area (Å²) in [6.07, 6.45) is 8.34. The molecule has 3 N–H and O–H groups in total. The third kappa shape index (κ3) is 17.4. The molecule has 0 saturated carbocycles. The number of ether oxygens (including phenoxy) is 4. The Morgan fingerprint density at radius 1 is 0.561 bits per heavy atom. The van der Waals surface area contributed by atoms with Crippen LogP contribution in [0, 0.1) is 49.6 Å². The Kier molecular flexibility index (Phi) is 22.0. The van der Waals surface area contributed by atoms with E-state index in [1.54, 1.807) is 42.7 Å². The Hall–Kier alpha value is -7.26. The summed E-state index contributed by atoms with van der Waals surface area (Å²) in [5.41, 5.74) is 11.6. The summed E-state index contributed by atoms with van der Waals surface area (Å²) in [6.45, 7) is 4.95. The summed E-state index contributed by atoms with van der Waals surface area (Å²) in [4.78, 5) is 32.4. The summed E-state index contributed by atoms with van der Waals surface area (Å²) in [5.74, 6) is -0.135. The maximum Gasteiger partial charge on any atom is 0.304 e. The summed E-state index contributed by atoms with van der Waals surface area (Å²) in [6, 6.07) is 42.6. The maximum atomic E-state index is 12.0. The molecule has 0 amide bonds. The van der Waals surface area contributed by atoms with E-state index in [1.165, 1.54) is 12.4 Å². The Balaban J connectivity index is 0.995. The first-order valence-electron chi connectivity index (χ1n) is 26.3. The van der Waals surface area contributed by atoms with E-state index in [4.69, 9.17) is 42.1 Å². The second-order valence-corrected chi connectivity index (χ2v) is 23.1. The number of carbonyl (C=O) groups is 2. The zero-order chi connectivity index (χ0) is 58.1. The van der Waals surface area contributed by atoms with Crippen molar-refractivity contribution in [2.45, 2.75) is 91.4 Å². The fourth-order valence-electron chi connectivity index (χ4n) is 9.55. The van der Waals surface area contributed by atoms with Crippen LogP contribution in [0.1, 0.15) is 86.0 Å². The lowest BCUT2D eigenvalue weighted by atomic mass is 9.90. The molecule has 2 atom stereocenters. The van der Waals surface area contributed by atoms with Gasteiger partial charge in [0.15, 0.2) is 0 Å². The van der Waals surface area contributed by atoms with Gasteiger partial charge < -0.3 is 34.5 Å². The van der Waals surface area contributed by atoms with Crippen molar-refractivity contribution in [1.82, 2.24) is 15.3 Å². The summed E-state index contributed by atoms with van der Waals surface area (Å²) >= 11 is 18.5. The topological polar surface area (TPSA) is 197 Å². The van der Waals surface area contributed by atoms with Crippen molar-refractivity contribution in [3.63, 3.8) is 0 Å². The van der Waals surface area contributed by atoms with Gasteiger partial charge >= 0.3 is 11.9 Å². The highest BCUT2D eigenvalue weighted by Crippen LogP contribution is 2.38. The van der Waals surface area contributed by atoms with Crippen molar-refractivity contribution in [1.29, 1.82) is 10.5 Å². The van der Waals surface area contributed by atoms with Crippen LogP contribution in [0.2, 0.25) is 10.0 Å². The largest absolute Gasteiger partial charge is 0.488 e. The number of carboxylic acid groups (broad SMARTS) is 2. The first kappa shape index (κ1) is 60.8. The molecule has 2 aromatic heterocycles. The van der Waals surface area contributed by atoms with Gasteiger partial charge in [-0.1, -0.05) is 83.9 Å². The highest BCUT2D eigenvalue weighted by Gasteiger charge is 2.21. The van der Waals surface area contributed by atoms with Gasteiger partial charge in [-0.2, -0.15) is 10.5 Å². The van der Waals surface area contributed by atoms with Crippen LogP contribution >= 0.6 is 68.4 Å². The first-order valence-corrected chi connectivity index (χ1v) is 29.2. The Bertz CT molecular complexity index is 3410. The molecule has 0 fully saturated rings. The molecule has 0 aliphatic heterocycles. The van der Waals surface area contributed by atoms with Crippen molar-refractivity contribution >= 4 is 80.3 Å². The SMILES string of the molecule is Cc1c(COc2cc(OCc3cncc(C#N)c3)c(CC[C@H](CC(=O)O)Cc3ccc(I)cc3)cc2Cl)cccc1-c1cccc(COc2cc(OCc3cncc(C#N)c3)c(CN[C@H](CC(=O)O)Cc3ccc(I)cc3)cc2Cl)c1C. The minimum atomic E-state index is -0.921. The number of hydrogen-bond acceptors (Lipinski definition) is 11. The van der Waals surface area contributed by atoms with E-state index in [9.17, 15) is 30.3 Å². The van der Waals surface area contributed by atoms with Crippen molar-refractivity contribution in [2.75, 3.05) is 0 Å². The molecule has 418 valence electrons. The van der Waals surface area contributed by atoms with E-state index in [-0.39, 0.29) is 51.7 Å². The van der Waals surface area contributed by atoms with E-state index in [0.717, 1.165) is 57.2 Å². The number of aryl methyl sites for hydroxylation is 1. The lowest BCUT2D eigenvalue weighted by Crippen LogP contribution is -2.33. The average Bonchev–Trinajstić information content (AvgIpc) is 3.49. The summed E-state index contributed by atoms with van der Waals surface area (Å²) < 4.78 is 28.0. The molecule has 6 aromatic carbocycles. The zero-order valence-corrected chi connectivity index (χ0v) is 50.8. The van der Waals surface area contributed by atoms with Gasteiger partial charge in [-0.3, -0.25) is 19.6 Å². The van der Waals surface area contributed by atoms with Crippen LogP contribution < -0.4 is 24.3 Å². The molecule has 0 unspecified atom stereocenters. The number of halogens is 4. The Morgan fingerprint density at radius 2 is 1.02 bits per heavy atom. The second-order valence-electron chi connectivity index (χ2n) is 19.8. The Labute approximate surface area is 514 Å². The summed E-state index contributed by atoms with van der Waals surface area (Å²) in [5, 5.41) is 42.8. The van der Waals surface area contributed by atoms with Crippen molar-refractivity contribution in [3.05, 3.63) is 230 Å². The third-order valence-electron chi connectivity index (χ3n) is 13.9. The number of rotatable bonds is 27. The average molecular weight is 1360 g/mol. The molecule has 0 saturated heterocycles. The standard InChI is InChI=1S/C65H57Cl2I2N5O8/c1-40-50(38-81-62-27-60(79-36-47-20-45(29-70)31-72-33-47)49(24-58(62)66)14-9-44(23-64(75)76)19-42-10-15-53(68)16-11-42)5-3-7-56(40)57-8-4-6-51(41(57)2)39-82-63-28-61(80-37-48-21-46(30-71)32-73-34-48)52(25-59(63)67)35-74-55(26-65(77)78)22-43-12-17-54(69)18-13-43/h3-8,10-13,15-18,20-21,24-25,27-28,31-34,44,55,74H,9,14,19,22-23,26,35-39H2,1-2H3,(H,75,76)(H,77,78)/t44-,55-/m0/s1. The molecule has 0 spiro atoms. The van der Waals surface area contributed by atoms with Gasteiger partial charge in [0.2, 0.25) is 0 Å². The second kappa shape index (κ2) is 29.6. The highest BCUT2D eigenvalue weighted by molar-refractivity contribution is 14.1. The smallest absolute Gasteiger partial charge is 0.304 e. The number of benzene rings is 6. The number of nitrogens with zero attached hydrogens (tertiary/aromatic N) is 4. The Morgan fingerprint density at radius 3 is 1.51 bits per heavy atom. The lowest BCUT2D eigenvalue weighted by molar-refractivity contribution is -0.138. The van der Waals surface area contributed by atoms with Gasteiger partial charge in [0.05, 0.1) is 27.6 Å². The zero-order valence-electron chi connectivity index (χ0n) is 44.9. The first-order chi connectivity index (χ1) is 39.6. The molecular weight excluding hydrogens is 1300 g/mol. The number of aromatic nitrogens is 2. The number of carboxylic acids is 2. The molecule has 0 bridgehead atoms. The molecule has 82 heavy (non-hydrogen) atoms. The lowest BCUT2D eigenvalue weighted by Gasteiger charge is -2.20. The molecule has 13 nitrogen and oxygen atoms in total. The maximum absolute atomic E-state index is 12.0. The predicted octanol–water partition coefficient (Wildman–Crippen LogP) is 14.8. The fraction of sp³-hybridized carbons (Fsp3) is 0.231. The number of nitriles is 2. The minimum Gasteiger partial charge on any atom is -0.488 e. The number of nitrogens with one attached hydrogen (secondary N) is 1. The van der Waals surface area contributed by atoms with Gasteiger partial charge in [0, 0.05) is 79.8 Å². The van der Waals surface area contributed by atoms with Crippen LogP contribution in [0.5, 0.6) is 23.0 Å². The van der Waals surface area contributed by atoms with Gasteiger partial charge in [0.25, 0.3) is 0 Å². The van der Waals surface area contributed by atoms with E-state index in [2.05, 4.69) is 98.6 Å². The molecule has 2 heterocycles. The van der Waals surface area contributed by atoms with E-state index in [0.29, 0.717) is 86.5 Å². The van der Waals surface area contributed by atoms with Crippen LogP contribution in [-0.2, 0) is 61.8 Å². The van der Waals surface area contributed by atoms with Crippen molar-refractivity contribution in [3.8, 4) is 46.3 Å². The van der Waals surface area contributed by atoms with E-state index < -0.39 is 18.0 Å². The highest BCUT2D eigenvalue weighted by atomic mass is 127. The number of aliphatic carboxylic acids is 2.